The zero-order valence-electron chi connectivity index (χ0n) is 14.4. The molecule has 1 saturated carbocycles. The predicted molar refractivity (Wildman–Crippen MR) is 107 cm³/mol. The van der Waals surface area contributed by atoms with Crippen molar-refractivity contribution in [2.45, 2.75) is 47.9 Å². The molecular formula is C20H24ClFN2OS. The van der Waals surface area contributed by atoms with Crippen LogP contribution in [0.4, 0.5) is 4.39 Å². The first-order chi connectivity index (χ1) is 12.1. The van der Waals surface area contributed by atoms with E-state index in [0.717, 1.165) is 31.2 Å². The van der Waals surface area contributed by atoms with Crippen LogP contribution in [0, 0.1) is 5.82 Å². The van der Waals surface area contributed by atoms with E-state index in [9.17, 15) is 9.18 Å². The maximum Gasteiger partial charge on any atom is 0.238 e. The van der Waals surface area contributed by atoms with Crippen molar-refractivity contribution < 1.29 is 9.18 Å². The van der Waals surface area contributed by atoms with Crippen LogP contribution >= 0.6 is 24.2 Å². The van der Waals surface area contributed by atoms with Gasteiger partial charge in [0.25, 0.3) is 0 Å². The van der Waals surface area contributed by atoms with Crippen LogP contribution in [0.1, 0.15) is 36.5 Å². The SMILES string of the molecule is Cl.NC1CCC(NC(=O)C(Sc2ccccc2F)c2ccccc2)CC1. The summed E-state index contributed by atoms with van der Waals surface area (Å²) in [6.07, 6.45) is 3.67. The summed E-state index contributed by atoms with van der Waals surface area (Å²) in [6, 6.07) is 16.5. The minimum absolute atomic E-state index is 0. The number of thioether (sulfide) groups is 1. The first-order valence-electron chi connectivity index (χ1n) is 8.65. The van der Waals surface area contributed by atoms with Crippen molar-refractivity contribution in [3.05, 3.63) is 66.0 Å². The fraction of sp³-hybridized carbons (Fsp3) is 0.350. The molecular weight excluding hydrogens is 371 g/mol. The van der Waals surface area contributed by atoms with Crippen molar-refractivity contribution in [2.75, 3.05) is 0 Å². The number of halogens is 2. The number of hydrogen-bond acceptors (Lipinski definition) is 3. The highest BCUT2D eigenvalue weighted by Gasteiger charge is 2.27. The maximum absolute atomic E-state index is 14.1. The molecule has 0 aliphatic heterocycles. The highest BCUT2D eigenvalue weighted by Crippen LogP contribution is 2.37. The lowest BCUT2D eigenvalue weighted by Crippen LogP contribution is -2.42. The predicted octanol–water partition coefficient (Wildman–Crippen LogP) is 4.47. The smallest absolute Gasteiger partial charge is 0.238 e. The van der Waals surface area contributed by atoms with Crippen molar-refractivity contribution >= 4 is 30.1 Å². The molecule has 3 N–H and O–H groups in total. The first kappa shape index (κ1) is 20.7. The Kier molecular flexibility index (Phi) is 7.94. The number of rotatable bonds is 5. The maximum atomic E-state index is 14.1. The molecule has 26 heavy (non-hydrogen) atoms. The molecule has 1 fully saturated rings. The van der Waals surface area contributed by atoms with E-state index in [4.69, 9.17) is 5.73 Å². The molecule has 6 heteroatoms. The summed E-state index contributed by atoms with van der Waals surface area (Å²) in [5.41, 5.74) is 6.81. The Hall–Kier alpha value is -1.56. The van der Waals surface area contributed by atoms with Crippen molar-refractivity contribution in [3.63, 3.8) is 0 Å². The number of carbonyl (C=O) groups is 1. The number of hydrogen-bond donors (Lipinski definition) is 2. The summed E-state index contributed by atoms with van der Waals surface area (Å²) in [4.78, 5) is 13.4. The van der Waals surface area contributed by atoms with E-state index >= 15 is 0 Å². The molecule has 3 rings (SSSR count). The van der Waals surface area contributed by atoms with Gasteiger partial charge in [0.1, 0.15) is 11.1 Å². The zero-order chi connectivity index (χ0) is 17.6. The van der Waals surface area contributed by atoms with E-state index in [1.165, 1.54) is 17.8 Å². The summed E-state index contributed by atoms with van der Waals surface area (Å²) in [5, 5.41) is 2.66. The number of nitrogens with one attached hydrogen (secondary N) is 1. The van der Waals surface area contributed by atoms with Crippen molar-refractivity contribution in [1.29, 1.82) is 0 Å². The molecule has 2 aromatic rings. The standard InChI is InChI=1S/C20H23FN2OS.ClH/c21-17-8-4-5-9-18(17)25-19(14-6-2-1-3-7-14)20(24)23-16-12-10-15(22)11-13-16;/h1-9,15-16,19H,10-13,22H2,(H,23,24);1H. The topological polar surface area (TPSA) is 55.1 Å². The van der Waals surface area contributed by atoms with Gasteiger partial charge in [-0.25, -0.2) is 4.39 Å². The Morgan fingerprint density at radius 1 is 1.04 bits per heavy atom. The minimum atomic E-state index is -0.478. The molecule has 2 aromatic carbocycles. The van der Waals surface area contributed by atoms with Gasteiger partial charge in [-0.1, -0.05) is 42.5 Å². The van der Waals surface area contributed by atoms with Gasteiger partial charge in [-0.2, -0.15) is 0 Å². The van der Waals surface area contributed by atoms with E-state index in [2.05, 4.69) is 5.32 Å². The normalized spacial score (nSPS) is 20.7. The number of carbonyl (C=O) groups excluding carboxylic acids is 1. The molecule has 1 amide bonds. The fourth-order valence-electron chi connectivity index (χ4n) is 3.11. The van der Waals surface area contributed by atoms with E-state index < -0.39 is 5.25 Å². The van der Waals surface area contributed by atoms with Crippen LogP contribution in [0.2, 0.25) is 0 Å². The van der Waals surface area contributed by atoms with Gasteiger partial charge >= 0.3 is 0 Å². The van der Waals surface area contributed by atoms with Crippen molar-refractivity contribution in [2.24, 2.45) is 5.73 Å². The third-order valence-electron chi connectivity index (χ3n) is 4.54. The van der Waals surface area contributed by atoms with E-state index in [1.54, 1.807) is 18.2 Å². The lowest BCUT2D eigenvalue weighted by atomic mass is 9.91. The average molecular weight is 395 g/mol. The summed E-state index contributed by atoms with van der Waals surface area (Å²) in [7, 11) is 0. The van der Waals surface area contributed by atoms with Crippen LogP contribution in [0.15, 0.2) is 59.5 Å². The second-order valence-corrected chi connectivity index (χ2v) is 7.61. The number of benzene rings is 2. The van der Waals surface area contributed by atoms with Gasteiger partial charge in [-0.05, 0) is 43.4 Å². The Morgan fingerprint density at radius 2 is 1.65 bits per heavy atom. The van der Waals surface area contributed by atoms with E-state index in [0.29, 0.717) is 4.90 Å². The minimum Gasteiger partial charge on any atom is -0.352 e. The van der Waals surface area contributed by atoms with Crippen molar-refractivity contribution in [1.82, 2.24) is 5.32 Å². The summed E-state index contributed by atoms with van der Waals surface area (Å²) in [6.45, 7) is 0. The highest BCUT2D eigenvalue weighted by atomic mass is 35.5. The Labute approximate surface area is 164 Å². The van der Waals surface area contributed by atoms with Crippen LogP contribution in [-0.2, 0) is 4.79 Å². The molecule has 0 radical (unpaired) electrons. The molecule has 1 aliphatic rings. The lowest BCUT2D eigenvalue weighted by molar-refractivity contribution is -0.121. The molecule has 1 unspecified atom stereocenters. The average Bonchev–Trinajstić information content (AvgIpc) is 2.63. The molecule has 3 nitrogen and oxygen atoms in total. The van der Waals surface area contributed by atoms with Crippen molar-refractivity contribution in [3.8, 4) is 0 Å². The quantitative estimate of drug-likeness (QED) is 0.736. The highest BCUT2D eigenvalue weighted by molar-refractivity contribution is 8.00. The molecule has 0 bridgehead atoms. The third-order valence-corrected chi connectivity index (χ3v) is 5.85. The molecule has 0 saturated heterocycles. The van der Waals surface area contributed by atoms with Gasteiger partial charge in [-0.15, -0.1) is 24.2 Å². The molecule has 1 atom stereocenters. The monoisotopic (exact) mass is 394 g/mol. The number of amides is 1. The Bertz CT molecular complexity index is 708. The molecule has 140 valence electrons. The van der Waals surface area contributed by atoms with Gasteiger partial charge in [0.2, 0.25) is 5.91 Å². The van der Waals surface area contributed by atoms with E-state index in [-0.39, 0.29) is 36.2 Å². The van der Waals surface area contributed by atoms with Gasteiger partial charge in [0.15, 0.2) is 0 Å². The zero-order valence-corrected chi connectivity index (χ0v) is 16.1. The Morgan fingerprint density at radius 3 is 2.31 bits per heavy atom. The lowest BCUT2D eigenvalue weighted by Gasteiger charge is -2.28. The number of nitrogens with two attached hydrogens (primary N) is 1. The van der Waals surface area contributed by atoms with Crippen LogP contribution in [0.25, 0.3) is 0 Å². The second-order valence-electron chi connectivity index (χ2n) is 6.46. The molecule has 0 heterocycles. The second kappa shape index (κ2) is 9.95. The summed E-state index contributed by atoms with van der Waals surface area (Å²) >= 11 is 1.25. The van der Waals surface area contributed by atoms with Gasteiger partial charge in [0.05, 0.1) is 0 Å². The van der Waals surface area contributed by atoms with Gasteiger partial charge in [0, 0.05) is 17.0 Å². The third kappa shape index (κ3) is 5.47. The van der Waals surface area contributed by atoms with Crippen LogP contribution in [0.5, 0.6) is 0 Å². The van der Waals surface area contributed by atoms with Crippen LogP contribution in [0.3, 0.4) is 0 Å². The van der Waals surface area contributed by atoms with Gasteiger partial charge < -0.3 is 11.1 Å². The first-order valence-corrected chi connectivity index (χ1v) is 9.53. The molecule has 0 spiro atoms. The van der Waals surface area contributed by atoms with Gasteiger partial charge in [-0.3, -0.25) is 4.79 Å². The van der Waals surface area contributed by atoms with E-state index in [1.807, 2.05) is 30.3 Å². The van der Waals surface area contributed by atoms with Crippen LogP contribution < -0.4 is 11.1 Å². The van der Waals surface area contributed by atoms with Crippen LogP contribution in [-0.4, -0.2) is 18.0 Å². The molecule has 0 aromatic heterocycles. The Balaban J connectivity index is 0.00000243. The largest absolute Gasteiger partial charge is 0.352 e. The fourth-order valence-corrected chi connectivity index (χ4v) is 4.17. The summed E-state index contributed by atoms with van der Waals surface area (Å²) in [5.74, 6) is -0.371. The summed E-state index contributed by atoms with van der Waals surface area (Å²) < 4.78 is 14.1. The molecule has 1 aliphatic carbocycles.